The lowest BCUT2D eigenvalue weighted by Gasteiger charge is -2.20. The van der Waals surface area contributed by atoms with E-state index >= 15 is 0 Å². The van der Waals surface area contributed by atoms with Gasteiger partial charge in [0.25, 0.3) is 0 Å². The number of ether oxygens (including phenoxy) is 1. The summed E-state index contributed by atoms with van der Waals surface area (Å²) in [6.45, 7) is 3.73. The number of hydrogen-bond acceptors (Lipinski definition) is 4. The molecule has 2 aromatic rings. The van der Waals surface area contributed by atoms with Gasteiger partial charge in [-0.3, -0.25) is 4.79 Å². The van der Waals surface area contributed by atoms with Crippen LogP contribution in [0, 0.1) is 13.8 Å². The van der Waals surface area contributed by atoms with Crippen molar-refractivity contribution in [3.05, 3.63) is 59.2 Å². The maximum absolute atomic E-state index is 12.4. The molecular formula is C19H24N2O4S. The molecule has 7 heteroatoms. The minimum atomic E-state index is -3.54. The molecule has 0 saturated heterocycles. The predicted molar refractivity (Wildman–Crippen MR) is 103 cm³/mol. The molecule has 2 aromatic carbocycles. The predicted octanol–water partition coefficient (Wildman–Crippen LogP) is 2.71. The van der Waals surface area contributed by atoms with Gasteiger partial charge in [-0.05, 0) is 48.7 Å². The van der Waals surface area contributed by atoms with Crippen molar-refractivity contribution in [1.29, 1.82) is 0 Å². The highest BCUT2D eigenvalue weighted by Gasteiger charge is 2.21. The second-order valence-corrected chi connectivity index (χ2v) is 8.16. The SMILES string of the molecule is COc1ccc(CN(CC(=O)Nc2cccc(C)c2C)S(C)(=O)=O)cc1. The van der Waals surface area contributed by atoms with Crippen molar-refractivity contribution < 1.29 is 17.9 Å². The van der Waals surface area contributed by atoms with Gasteiger partial charge in [-0.2, -0.15) is 4.31 Å². The van der Waals surface area contributed by atoms with E-state index in [2.05, 4.69) is 5.32 Å². The molecule has 0 spiro atoms. The Bertz CT molecular complexity index is 877. The smallest absolute Gasteiger partial charge is 0.239 e. The van der Waals surface area contributed by atoms with Crippen LogP contribution in [0.5, 0.6) is 5.75 Å². The molecule has 0 bridgehead atoms. The first-order chi connectivity index (χ1) is 12.2. The molecule has 0 aliphatic rings. The summed E-state index contributed by atoms with van der Waals surface area (Å²) < 4.78 is 30.4. The summed E-state index contributed by atoms with van der Waals surface area (Å²) in [4.78, 5) is 12.4. The summed E-state index contributed by atoms with van der Waals surface area (Å²) in [5.74, 6) is 0.310. The molecule has 26 heavy (non-hydrogen) atoms. The highest BCUT2D eigenvalue weighted by atomic mass is 32.2. The third-order valence-corrected chi connectivity index (χ3v) is 5.38. The molecule has 140 valence electrons. The summed E-state index contributed by atoms with van der Waals surface area (Å²) >= 11 is 0. The zero-order valence-electron chi connectivity index (χ0n) is 15.4. The zero-order chi connectivity index (χ0) is 19.3. The Hall–Kier alpha value is -2.38. The summed E-state index contributed by atoms with van der Waals surface area (Å²) in [6.07, 6.45) is 1.10. The summed E-state index contributed by atoms with van der Waals surface area (Å²) in [5.41, 5.74) is 3.48. The summed E-state index contributed by atoms with van der Waals surface area (Å²) in [7, 11) is -1.98. The molecule has 0 aliphatic carbocycles. The summed E-state index contributed by atoms with van der Waals surface area (Å²) in [6, 6.07) is 12.7. The van der Waals surface area contributed by atoms with Crippen molar-refractivity contribution in [2.45, 2.75) is 20.4 Å². The van der Waals surface area contributed by atoms with Crippen LogP contribution >= 0.6 is 0 Å². The first-order valence-corrected chi connectivity index (χ1v) is 9.99. The average molecular weight is 376 g/mol. The van der Waals surface area contributed by atoms with Crippen LogP contribution < -0.4 is 10.1 Å². The molecule has 0 saturated carbocycles. The molecule has 0 aromatic heterocycles. The monoisotopic (exact) mass is 376 g/mol. The van der Waals surface area contributed by atoms with Gasteiger partial charge in [0.15, 0.2) is 0 Å². The van der Waals surface area contributed by atoms with E-state index in [-0.39, 0.29) is 19.0 Å². The standard InChI is InChI=1S/C19H24N2O4S/c1-14-6-5-7-18(15(14)2)20-19(22)13-21(26(4,23)24)12-16-8-10-17(25-3)11-9-16/h5-11H,12-13H2,1-4H3,(H,20,22). The Labute approximate surface area is 154 Å². The van der Waals surface area contributed by atoms with Gasteiger partial charge in [-0.15, -0.1) is 0 Å². The first-order valence-electron chi connectivity index (χ1n) is 8.15. The van der Waals surface area contributed by atoms with Crippen molar-refractivity contribution in [1.82, 2.24) is 4.31 Å². The van der Waals surface area contributed by atoms with Crippen LogP contribution in [-0.4, -0.2) is 38.5 Å². The zero-order valence-corrected chi connectivity index (χ0v) is 16.3. The van der Waals surface area contributed by atoms with E-state index in [1.807, 2.05) is 26.0 Å². The van der Waals surface area contributed by atoms with E-state index < -0.39 is 10.0 Å². The van der Waals surface area contributed by atoms with Crippen LogP contribution in [0.3, 0.4) is 0 Å². The van der Waals surface area contributed by atoms with E-state index in [0.717, 1.165) is 27.3 Å². The Kier molecular flexibility index (Phi) is 6.39. The topological polar surface area (TPSA) is 75.7 Å². The van der Waals surface area contributed by atoms with Gasteiger partial charge in [0.2, 0.25) is 15.9 Å². The van der Waals surface area contributed by atoms with E-state index in [0.29, 0.717) is 11.4 Å². The van der Waals surface area contributed by atoms with Gasteiger partial charge < -0.3 is 10.1 Å². The Morgan fingerprint density at radius 2 is 1.77 bits per heavy atom. The fourth-order valence-electron chi connectivity index (χ4n) is 2.46. The van der Waals surface area contributed by atoms with Gasteiger partial charge in [-0.25, -0.2) is 8.42 Å². The van der Waals surface area contributed by atoms with Crippen molar-refractivity contribution in [2.75, 3.05) is 25.2 Å². The van der Waals surface area contributed by atoms with Gasteiger partial charge in [0.05, 0.1) is 19.9 Å². The molecular weight excluding hydrogens is 352 g/mol. The van der Waals surface area contributed by atoms with E-state index in [4.69, 9.17) is 4.74 Å². The molecule has 1 amide bonds. The number of sulfonamides is 1. The van der Waals surface area contributed by atoms with Crippen LogP contribution in [-0.2, 0) is 21.4 Å². The van der Waals surface area contributed by atoms with E-state index in [9.17, 15) is 13.2 Å². The number of nitrogens with zero attached hydrogens (tertiary/aromatic N) is 1. The average Bonchev–Trinajstić information content (AvgIpc) is 2.58. The molecule has 0 fully saturated rings. The third-order valence-electron chi connectivity index (χ3n) is 4.19. The van der Waals surface area contributed by atoms with Crippen molar-refractivity contribution >= 4 is 21.6 Å². The van der Waals surface area contributed by atoms with E-state index in [1.165, 1.54) is 0 Å². The lowest BCUT2D eigenvalue weighted by Crippen LogP contribution is -2.37. The van der Waals surface area contributed by atoms with Crippen LogP contribution in [0.4, 0.5) is 5.69 Å². The fraction of sp³-hybridized carbons (Fsp3) is 0.316. The molecule has 0 atom stereocenters. The van der Waals surface area contributed by atoms with Crippen LogP contribution in [0.25, 0.3) is 0 Å². The second-order valence-electron chi connectivity index (χ2n) is 6.17. The number of carbonyl (C=O) groups is 1. The quantitative estimate of drug-likeness (QED) is 0.806. The lowest BCUT2D eigenvalue weighted by molar-refractivity contribution is -0.116. The number of anilines is 1. The highest BCUT2D eigenvalue weighted by molar-refractivity contribution is 7.88. The fourth-order valence-corrected chi connectivity index (χ4v) is 3.20. The Morgan fingerprint density at radius 3 is 2.35 bits per heavy atom. The highest BCUT2D eigenvalue weighted by Crippen LogP contribution is 2.18. The second kappa shape index (κ2) is 8.33. The number of hydrogen-bond donors (Lipinski definition) is 1. The van der Waals surface area contributed by atoms with Gasteiger partial charge >= 0.3 is 0 Å². The molecule has 0 unspecified atom stereocenters. The molecule has 0 heterocycles. The number of aryl methyl sites for hydroxylation is 1. The number of nitrogens with one attached hydrogen (secondary N) is 1. The Balaban J connectivity index is 2.12. The van der Waals surface area contributed by atoms with Crippen molar-refractivity contribution in [2.24, 2.45) is 0 Å². The molecule has 2 rings (SSSR count). The Morgan fingerprint density at radius 1 is 1.12 bits per heavy atom. The number of benzene rings is 2. The van der Waals surface area contributed by atoms with Crippen LogP contribution in [0.2, 0.25) is 0 Å². The number of rotatable bonds is 7. The lowest BCUT2D eigenvalue weighted by atomic mass is 10.1. The van der Waals surface area contributed by atoms with Gasteiger partial charge in [0, 0.05) is 12.2 Å². The van der Waals surface area contributed by atoms with Crippen LogP contribution in [0.15, 0.2) is 42.5 Å². The first kappa shape index (κ1) is 19.9. The minimum Gasteiger partial charge on any atom is -0.497 e. The number of carbonyl (C=O) groups excluding carboxylic acids is 1. The van der Waals surface area contributed by atoms with Crippen molar-refractivity contribution in [3.63, 3.8) is 0 Å². The maximum Gasteiger partial charge on any atom is 0.239 e. The maximum atomic E-state index is 12.4. The summed E-state index contributed by atoms with van der Waals surface area (Å²) in [5, 5.41) is 2.79. The normalized spacial score (nSPS) is 11.4. The largest absolute Gasteiger partial charge is 0.497 e. The molecule has 1 N–H and O–H groups in total. The molecule has 6 nitrogen and oxygen atoms in total. The third kappa shape index (κ3) is 5.31. The number of methoxy groups -OCH3 is 1. The number of amides is 1. The molecule has 0 radical (unpaired) electrons. The van der Waals surface area contributed by atoms with Crippen molar-refractivity contribution in [3.8, 4) is 5.75 Å². The molecule has 0 aliphatic heterocycles. The van der Waals surface area contributed by atoms with Crippen LogP contribution in [0.1, 0.15) is 16.7 Å². The van der Waals surface area contributed by atoms with Gasteiger partial charge in [-0.1, -0.05) is 24.3 Å². The van der Waals surface area contributed by atoms with E-state index in [1.54, 1.807) is 37.4 Å². The van der Waals surface area contributed by atoms with Gasteiger partial charge in [0.1, 0.15) is 5.75 Å². The minimum absolute atomic E-state index is 0.114.